The molecule has 0 fully saturated rings. The third-order valence-corrected chi connectivity index (χ3v) is 3.11. The van der Waals surface area contributed by atoms with Crippen molar-refractivity contribution < 1.29 is 9.36 Å². The fourth-order valence-electron chi connectivity index (χ4n) is 2.24. The molecule has 2 aromatic rings. The lowest BCUT2D eigenvalue weighted by Crippen LogP contribution is -2.34. The first-order valence-corrected chi connectivity index (χ1v) is 5.69. The molecule has 0 atom stereocenters. The fraction of sp³-hybridized carbons (Fsp3) is 0.231. The molecule has 2 heterocycles. The molecule has 1 amide bonds. The van der Waals surface area contributed by atoms with Crippen molar-refractivity contribution in [2.45, 2.75) is 6.42 Å². The predicted octanol–water partition coefficient (Wildman–Crippen LogP) is 1.34. The van der Waals surface area contributed by atoms with Gasteiger partial charge in [0, 0.05) is 6.54 Å². The fourth-order valence-corrected chi connectivity index (χ4v) is 2.24. The predicted molar refractivity (Wildman–Crippen MR) is 63.9 cm³/mol. The maximum absolute atomic E-state index is 12.3. The quantitative estimate of drug-likeness (QED) is 0.626. The smallest absolute Gasteiger partial charge is 0.273 e. The van der Waals surface area contributed by atoms with Crippen LogP contribution in [0.4, 0.5) is 10.5 Å². The van der Waals surface area contributed by atoms with Crippen molar-refractivity contribution in [3.8, 4) is 0 Å². The van der Waals surface area contributed by atoms with Crippen molar-refractivity contribution in [2.75, 3.05) is 11.4 Å². The number of hydrogen-bond acceptors (Lipinski definition) is 1. The van der Waals surface area contributed by atoms with Gasteiger partial charge >= 0.3 is 6.03 Å². The van der Waals surface area contributed by atoms with E-state index in [1.54, 1.807) is 17.1 Å². The summed E-state index contributed by atoms with van der Waals surface area (Å²) in [4.78, 5) is 14.1. The molecule has 0 unspecified atom stereocenters. The summed E-state index contributed by atoms with van der Waals surface area (Å²) in [5.41, 5.74) is 2.28. The van der Waals surface area contributed by atoms with Crippen LogP contribution >= 0.6 is 0 Å². The Kier molecular flexibility index (Phi) is 2.21. The van der Waals surface area contributed by atoms with Crippen LogP contribution in [0.5, 0.6) is 0 Å². The van der Waals surface area contributed by atoms with Gasteiger partial charge in [-0.3, -0.25) is 4.90 Å². The van der Waals surface area contributed by atoms with Gasteiger partial charge in [-0.15, -0.1) is 0 Å². The lowest BCUT2D eigenvalue weighted by atomic mass is 10.2. The van der Waals surface area contributed by atoms with Crippen molar-refractivity contribution in [3.05, 3.63) is 48.5 Å². The van der Waals surface area contributed by atoms with Crippen molar-refractivity contribution in [2.24, 2.45) is 7.05 Å². The van der Waals surface area contributed by atoms with Crippen LogP contribution in [-0.4, -0.2) is 17.1 Å². The number of hydrogen-bond donors (Lipinski definition) is 0. The number of anilines is 1. The van der Waals surface area contributed by atoms with E-state index >= 15 is 0 Å². The zero-order valence-electron chi connectivity index (χ0n) is 9.71. The van der Waals surface area contributed by atoms with Crippen LogP contribution in [0, 0.1) is 0 Å². The van der Waals surface area contributed by atoms with Gasteiger partial charge in [-0.05, 0) is 18.1 Å². The van der Waals surface area contributed by atoms with Gasteiger partial charge in [-0.2, -0.15) is 4.57 Å². The lowest BCUT2D eigenvalue weighted by Gasteiger charge is -2.13. The van der Waals surface area contributed by atoms with E-state index in [-0.39, 0.29) is 6.03 Å². The molecule has 0 saturated heterocycles. The zero-order chi connectivity index (χ0) is 11.8. The zero-order valence-corrected chi connectivity index (χ0v) is 9.71. The average Bonchev–Trinajstić information content (AvgIpc) is 2.94. The second kappa shape index (κ2) is 3.73. The largest absolute Gasteiger partial charge is 0.420 e. The highest BCUT2D eigenvalue weighted by atomic mass is 16.2. The summed E-state index contributed by atoms with van der Waals surface area (Å²) in [6.07, 6.45) is 6.36. The number of aromatic nitrogens is 2. The number of nitrogens with zero attached hydrogens (tertiary/aromatic N) is 3. The van der Waals surface area contributed by atoms with Crippen molar-refractivity contribution in [1.29, 1.82) is 0 Å². The second-order valence-corrected chi connectivity index (χ2v) is 4.30. The first-order chi connectivity index (χ1) is 8.25. The van der Waals surface area contributed by atoms with Gasteiger partial charge in [0.15, 0.2) is 0 Å². The molecule has 1 aromatic carbocycles. The Labute approximate surface area is 99.7 Å². The monoisotopic (exact) mass is 228 g/mol. The van der Waals surface area contributed by atoms with E-state index in [9.17, 15) is 4.79 Å². The molecule has 1 aliphatic heterocycles. The highest BCUT2D eigenvalue weighted by molar-refractivity contribution is 5.95. The number of carbonyl (C=O) groups is 1. The molecule has 0 spiro atoms. The van der Waals surface area contributed by atoms with Crippen molar-refractivity contribution in [1.82, 2.24) is 4.57 Å². The van der Waals surface area contributed by atoms with Crippen LogP contribution in [-0.2, 0) is 13.5 Å². The first kappa shape index (κ1) is 10.1. The molecular formula is C13H14N3O+. The highest BCUT2D eigenvalue weighted by Crippen LogP contribution is 2.27. The normalized spacial score (nSPS) is 13.8. The minimum atomic E-state index is 0.00977. The second-order valence-electron chi connectivity index (χ2n) is 4.30. The molecule has 1 aromatic heterocycles. The molecule has 86 valence electrons. The summed E-state index contributed by atoms with van der Waals surface area (Å²) in [7, 11) is 1.90. The number of aryl methyl sites for hydroxylation is 1. The molecule has 0 aliphatic carbocycles. The van der Waals surface area contributed by atoms with Crippen molar-refractivity contribution >= 4 is 11.7 Å². The summed E-state index contributed by atoms with van der Waals surface area (Å²) < 4.78 is 3.47. The number of amides is 1. The Hall–Kier alpha value is -2.10. The standard InChI is InChI=1S/C13H14N3O/c1-14-8-9-15(10-14)13(17)16-7-6-11-4-2-3-5-12(11)16/h2-5,8-10H,6-7H2,1H3/q+1. The Morgan fingerprint density at radius 3 is 2.94 bits per heavy atom. The lowest BCUT2D eigenvalue weighted by molar-refractivity contribution is -0.670. The molecule has 1 aliphatic rings. The number of carbonyl (C=O) groups excluding carboxylic acids is 1. The summed E-state index contributed by atoms with van der Waals surface area (Å²) >= 11 is 0. The number of benzene rings is 1. The Balaban J connectivity index is 1.95. The van der Waals surface area contributed by atoms with Crippen LogP contribution < -0.4 is 9.47 Å². The summed E-state index contributed by atoms with van der Waals surface area (Å²) in [5.74, 6) is 0. The Morgan fingerprint density at radius 2 is 2.18 bits per heavy atom. The first-order valence-electron chi connectivity index (χ1n) is 5.69. The highest BCUT2D eigenvalue weighted by Gasteiger charge is 2.28. The third-order valence-electron chi connectivity index (χ3n) is 3.11. The van der Waals surface area contributed by atoms with Crippen LogP contribution in [0.15, 0.2) is 43.0 Å². The van der Waals surface area contributed by atoms with E-state index in [1.165, 1.54) is 5.56 Å². The third kappa shape index (κ3) is 1.62. The minimum Gasteiger partial charge on any atom is -0.273 e. The number of fused-ring (bicyclic) bond motifs is 1. The van der Waals surface area contributed by atoms with Crippen molar-refractivity contribution in [3.63, 3.8) is 0 Å². The summed E-state index contributed by atoms with van der Waals surface area (Å²) in [6, 6.07) is 8.08. The van der Waals surface area contributed by atoms with Gasteiger partial charge < -0.3 is 0 Å². The molecule has 0 radical (unpaired) electrons. The number of rotatable bonds is 0. The molecule has 4 nitrogen and oxygen atoms in total. The van der Waals surface area contributed by atoms with Gasteiger partial charge in [0.2, 0.25) is 0 Å². The molecule has 0 bridgehead atoms. The van der Waals surface area contributed by atoms with Crippen LogP contribution in [0.25, 0.3) is 0 Å². The van der Waals surface area contributed by atoms with Gasteiger partial charge in [-0.25, -0.2) is 9.36 Å². The molecular weight excluding hydrogens is 214 g/mol. The van der Waals surface area contributed by atoms with Gasteiger partial charge in [-0.1, -0.05) is 18.2 Å². The average molecular weight is 228 g/mol. The summed E-state index contributed by atoms with van der Waals surface area (Å²) in [6.45, 7) is 0.764. The van der Waals surface area contributed by atoms with Gasteiger partial charge in [0.25, 0.3) is 6.33 Å². The molecule has 0 N–H and O–H groups in total. The SMILES string of the molecule is C[n+]1ccn(C(=O)N2CCc3ccccc32)c1. The van der Waals surface area contributed by atoms with Crippen LogP contribution in [0.2, 0.25) is 0 Å². The maximum atomic E-state index is 12.3. The topological polar surface area (TPSA) is 29.1 Å². The Bertz CT molecular complexity index is 574. The van der Waals surface area contributed by atoms with E-state index in [4.69, 9.17) is 0 Å². The van der Waals surface area contributed by atoms with E-state index in [1.807, 2.05) is 40.9 Å². The number of imidazole rings is 1. The van der Waals surface area contributed by atoms with Crippen LogP contribution in [0.1, 0.15) is 5.56 Å². The van der Waals surface area contributed by atoms with Gasteiger partial charge in [0.1, 0.15) is 12.4 Å². The summed E-state index contributed by atoms with van der Waals surface area (Å²) in [5, 5.41) is 0. The molecule has 4 heteroatoms. The maximum Gasteiger partial charge on any atom is 0.420 e. The van der Waals surface area contributed by atoms with E-state index < -0.39 is 0 Å². The Morgan fingerprint density at radius 1 is 1.35 bits per heavy atom. The van der Waals surface area contributed by atoms with Gasteiger partial charge in [0.05, 0.1) is 12.7 Å². The number of para-hydroxylation sites is 1. The molecule has 3 rings (SSSR count). The van der Waals surface area contributed by atoms with E-state index in [2.05, 4.69) is 6.07 Å². The van der Waals surface area contributed by atoms with E-state index in [0.29, 0.717) is 0 Å². The minimum absolute atomic E-state index is 0.00977. The van der Waals surface area contributed by atoms with Crippen LogP contribution in [0.3, 0.4) is 0 Å². The molecule has 17 heavy (non-hydrogen) atoms. The molecule has 0 saturated carbocycles. The van der Waals surface area contributed by atoms with E-state index in [0.717, 1.165) is 18.7 Å².